The van der Waals surface area contributed by atoms with Crippen molar-refractivity contribution in [3.05, 3.63) is 11.8 Å². The molecule has 0 aromatic heterocycles. The van der Waals surface area contributed by atoms with Crippen LogP contribution >= 0.6 is 0 Å². The summed E-state index contributed by atoms with van der Waals surface area (Å²) in [5, 5.41) is 0. The fourth-order valence-corrected chi connectivity index (χ4v) is 0.990. The van der Waals surface area contributed by atoms with Crippen molar-refractivity contribution < 1.29 is 19.0 Å². The largest absolute Gasteiger partial charge is 0.490 e. The number of rotatable bonds is 6. The standard InChI is InChI=1S/C9H14O4/c1-11-5-6-12-7-8(10)9-3-2-4-13-9/h3H,2,4-7H2,1H3. The number of carbonyl (C=O) groups excluding carboxylic acids is 1. The summed E-state index contributed by atoms with van der Waals surface area (Å²) >= 11 is 0. The van der Waals surface area contributed by atoms with Gasteiger partial charge in [-0.1, -0.05) is 0 Å². The number of hydrogen-bond acceptors (Lipinski definition) is 4. The number of ether oxygens (including phenoxy) is 3. The van der Waals surface area contributed by atoms with Crippen LogP contribution in [0.15, 0.2) is 11.8 Å². The molecular formula is C9H14O4. The van der Waals surface area contributed by atoms with Crippen LogP contribution in [-0.2, 0) is 19.0 Å². The molecule has 1 aliphatic rings. The van der Waals surface area contributed by atoms with Crippen LogP contribution in [0.4, 0.5) is 0 Å². The minimum absolute atomic E-state index is 0.0786. The van der Waals surface area contributed by atoms with Crippen molar-refractivity contribution in [2.24, 2.45) is 0 Å². The molecule has 0 radical (unpaired) electrons. The molecule has 0 bridgehead atoms. The molecule has 1 aliphatic heterocycles. The van der Waals surface area contributed by atoms with Crippen LogP contribution in [0.3, 0.4) is 0 Å². The van der Waals surface area contributed by atoms with E-state index in [4.69, 9.17) is 14.2 Å². The molecule has 1 rings (SSSR count). The van der Waals surface area contributed by atoms with E-state index >= 15 is 0 Å². The Labute approximate surface area is 77.5 Å². The summed E-state index contributed by atoms with van der Waals surface area (Å²) in [4.78, 5) is 11.2. The van der Waals surface area contributed by atoms with E-state index in [1.54, 1.807) is 13.2 Å². The Morgan fingerprint density at radius 2 is 2.46 bits per heavy atom. The molecule has 1 heterocycles. The molecular weight excluding hydrogens is 172 g/mol. The zero-order chi connectivity index (χ0) is 9.52. The Morgan fingerprint density at radius 3 is 3.08 bits per heavy atom. The monoisotopic (exact) mass is 186 g/mol. The fourth-order valence-electron chi connectivity index (χ4n) is 0.990. The Bertz CT molecular complexity index is 198. The topological polar surface area (TPSA) is 44.8 Å². The molecule has 0 atom stereocenters. The van der Waals surface area contributed by atoms with Gasteiger partial charge in [-0.05, 0) is 6.08 Å². The maximum atomic E-state index is 11.2. The average Bonchev–Trinajstić information content (AvgIpc) is 2.65. The highest BCUT2D eigenvalue weighted by molar-refractivity contribution is 5.94. The molecule has 0 aromatic rings. The first-order chi connectivity index (χ1) is 6.34. The SMILES string of the molecule is COCCOCC(=O)C1=CCCO1. The van der Waals surface area contributed by atoms with Gasteiger partial charge in [-0.25, -0.2) is 0 Å². The highest BCUT2D eigenvalue weighted by Crippen LogP contribution is 2.09. The van der Waals surface area contributed by atoms with Gasteiger partial charge in [-0.15, -0.1) is 0 Å². The minimum atomic E-state index is -0.0893. The Hall–Kier alpha value is -0.870. The van der Waals surface area contributed by atoms with Crippen molar-refractivity contribution in [3.8, 4) is 0 Å². The molecule has 0 aromatic carbocycles. The lowest BCUT2D eigenvalue weighted by Gasteiger charge is -2.03. The molecule has 4 nitrogen and oxygen atoms in total. The van der Waals surface area contributed by atoms with E-state index in [2.05, 4.69) is 0 Å². The molecule has 0 saturated carbocycles. The van der Waals surface area contributed by atoms with Crippen molar-refractivity contribution >= 4 is 5.78 Å². The van der Waals surface area contributed by atoms with Crippen LogP contribution in [0.1, 0.15) is 6.42 Å². The zero-order valence-electron chi connectivity index (χ0n) is 7.75. The van der Waals surface area contributed by atoms with Crippen LogP contribution in [0.5, 0.6) is 0 Å². The second kappa shape index (κ2) is 5.72. The fraction of sp³-hybridized carbons (Fsp3) is 0.667. The Balaban J connectivity index is 2.10. The van der Waals surface area contributed by atoms with Gasteiger partial charge < -0.3 is 14.2 Å². The van der Waals surface area contributed by atoms with Crippen molar-refractivity contribution in [2.75, 3.05) is 33.5 Å². The number of ketones is 1. The van der Waals surface area contributed by atoms with Crippen molar-refractivity contribution in [1.29, 1.82) is 0 Å². The van der Waals surface area contributed by atoms with Gasteiger partial charge in [0.2, 0.25) is 5.78 Å². The van der Waals surface area contributed by atoms with E-state index in [-0.39, 0.29) is 12.4 Å². The van der Waals surface area contributed by atoms with Crippen LogP contribution in [0.2, 0.25) is 0 Å². The third kappa shape index (κ3) is 3.57. The highest BCUT2D eigenvalue weighted by atomic mass is 16.5. The first kappa shape index (κ1) is 10.2. The van der Waals surface area contributed by atoms with E-state index in [1.165, 1.54) is 0 Å². The van der Waals surface area contributed by atoms with E-state index in [0.29, 0.717) is 25.6 Å². The van der Waals surface area contributed by atoms with Gasteiger partial charge in [0, 0.05) is 13.5 Å². The smallest absolute Gasteiger partial charge is 0.222 e. The van der Waals surface area contributed by atoms with Crippen molar-refractivity contribution in [1.82, 2.24) is 0 Å². The number of hydrogen-bond donors (Lipinski definition) is 0. The van der Waals surface area contributed by atoms with Gasteiger partial charge in [-0.3, -0.25) is 4.79 Å². The molecule has 4 heteroatoms. The third-order valence-corrected chi connectivity index (χ3v) is 1.64. The maximum absolute atomic E-state index is 11.2. The molecule has 13 heavy (non-hydrogen) atoms. The van der Waals surface area contributed by atoms with E-state index in [1.807, 2.05) is 0 Å². The van der Waals surface area contributed by atoms with Gasteiger partial charge >= 0.3 is 0 Å². The Morgan fingerprint density at radius 1 is 1.62 bits per heavy atom. The van der Waals surface area contributed by atoms with Crippen molar-refractivity contribution in [3.63, 3.8) is 0 Å². The number of Topliss-reactive ketones (excluding diaryl/α,β-unsaturated/α-hetero) is 1. The van der Waals surface area contributed by atoms with Crippen molar-refractivity contribution in [2.45, 2.75) is 6.42 Å². The zero-order valence-corrected chi connectivity index (χ0v) is 7.75. The molecule has 0 fully saturated rings. The summed E-state index contributed by atoms with van der Waals surface area (Å²) < 4.78 is 14.9. The van der Waals surface area contributed by atoms with Crippen LogP contribution < -0.4 is 0 Å². The van der Waals surface area contributed by atoms with Gasteiger partial charge in [0.15, 0.2) is 5.76 Å². The van der Waals surface area contributed by atoms with E-state index in [0.717, 1.165) is 6.42 Å². The molecule has 0 unspecified atom stereocenters. The lowest BCUT2D eigenvalue weighted by atomic mass is 10.3. The molecule has 0 saturated heterocycles. The van der Waals surface area contributed by atoms with Crippen LogP contribution in [-0.4, -0.2) is 39.3 Å². The van der Waals surface area contributed by atoms with Gasteiger partial charge in [0.25, 0.3) is 0 Å². The van der Waals surface area contributed by atoms with Gasteiger partial charge in [0.1, 0.15) is 6.61 Å². The quantitative estimate of drug-likeness (QED) is 0.567. The van der Waals surface area contributed by atoms with Gasteiger partial charge in [0.05, 0.1) is 19.8 Å². The molecule has 0 N–H and O–H groups in total. The predicted octanol–water partition coefficient (Wildman–Crippen LogP) is 0.523. The van der Waals surface area contributed by atoms with Gasteiger partial charge in [-0.2, -0.15) is 0 Å². The second-order valence-corrected chi connectivity index (χ2v) is 2.67. The van der Waals surface area contributed by atoms with Crippen LogP contribution in [0, 0.1) is 0 Å². The summed E-state index contributed by atoms with van der Waals surface area (Å²) in [5.74, 6) is 0.353. The number of carbonyl (C=O) groups is 1. The average molecular weight is 186 g/mol. The molecule has 0 spiro atoms. The first-order valence-electron chi connectivity index (χ1n) is 4.27. The predicted molar refractivity (Wildman–Crippen MR) is 46.4 cm³/mol. The van der Waals surface area contributed by atoms with E-state index < -0.39 is 0 Å². The van der Waals surface area contributed by atoms with Crippen LogP contribution in [0.25, 0.3) is 0 Å². The first-order valence-corrected chi connectivity index (χ1v) is 4.27. The second-order valence-electron chi connectivity index (χ2n) is 2.67. The third-order valence-electron chi connectivity index (χ3n) is 1.64. The minimum Gasteiger partial charge on any atom is -0.490 e. The molecule has 0 aliphatic carbocycles. The normalized spacial score (nSPS) is 15.3. The summed E-state index contributed by atoms with van der Waals surface area (Å²) in [6, 6.07) is 0. The lowest BCUT2D eigenvalue weighted by Crippen LogP contribution is -2.14. The van der Waals surface area contributed by atoms with E-state index in [9.17, 15) is 4.79 Å². The summed E-state index contributed by atoms with van der Waals surface area (Å²) in [7, 11) is 1.59. The molecule has 74 valence electrons. The maximum Gasteiger partial charge on any atom is 0.222 e. The molecule has 0 amide bonds. The Kier molecular flexibility index (Phi) is 4.49. The number of methoxy groups -OCH3 is 1. The summed E-state index contributed by atoms with van der Waals surface area (Å²) in [5.41, 5.74) is 0. The highest BCUT2D eigenvalue weighted by Gasteiger charge is 2.14. The summed E-state index contributed by atoms with van der Waals surface area (Å²) in [6.45, 7) is 1.64. The summed E-state index contributed by atoms with van der Waals surface area (Å²) in [6.07, 6.45) is 2.61. The lowest BCUT2D eigenvalue weighted by molar-refractivity contribution is -0.123.